The number of ketones is 1. The highest BCUT2D eigenvalue weighted by Crippen LogP contribution is 2.09. The van der Waals surface area contributed by atoms with Gasteiger partial charge in [-0.1, -0.05) is 48.5 Å². The standard InChI is InChI=1S/C17H14NO.HI/c19-17(15-7-2-1-3-8-15)13-18-11-10-14-6-4-5-9-16(14)12-18;/h1-12H,13H2;1H/q+1;/p-1. The number of hydrogen-bond acceptors (Lipinski definition) is 1. The maximum atomic E-state index is 12.1. The Kier molecular flexibility index (Phi) is 4.84. The van der Waals surface area contributed by atoms with E-state index in [0.29, 0.717) is 6.54 Å². The van der Waals surface area contributed by atoms with Gasteiger partial charge in [0.2, 0.25) is 12.3 Å². The molecule has 0 aliphatic rings. The largest absolute Gasteiger partial charge is 1.00 e. The molecule has 0 saturated carbocycles. The minimum atomic E-state index is 0. The highest BCUT2D eigenvalue weighted by atomic mass is 127. The topological polar surface area (TPSA) is 20.9 Å². The summed E-state index contributed by atoms with van der Waals surface area (Å²) in [6.07, 6.45) is 3.96. The minimum Gasteiger partial charge on any atom is -1.00 e. The van der Waals surface area contributed by atoms with Crippen LogP contribution in [0.4, 0.5) is 0 Å². The van der Waals surface area contributed by atoms with E-state index in [9.17, 15) is 4.79 Å². The highest BCUT2D eigenvalue weighted by Gasteiger charge is 2.11. The first-order valence-electron chi connectivity index (χ1n) is 6.29. The first kappa shape index (κ1) is 14.7. The Morgan fingerprint density at radius 1 is 0.850 bits per heavy atom. The van der Waals surface area contributed by atoms with Crippen LogP contribution in [0.2, 0.25) is 0 Å². The van der Waals surface area contributed by atoms with Crippen molar-refractivity contribution in [3.63, 3.8) is 0 Å². The average Bonchev–Trinajstić information content (AvgIpc) is 2.48. The van der Waals surface area contributed by atoms with E-state index in [0.717, 1.165) is 10.9 Å². The van der Waals surface area contributed by atoms with Crippen molar-refractivity contribution < 1.29 is 33.3 Å². The predicted octanol–water partition coefficient (Wildman–Crippen LogP) is 0.0142. The first-order chi connectivity index (χ1) is 9.33. The van der Waals surface area contributed by atoms with Gasteiger partial charge in [-0.3, -0.25) is 4.79 Å². The van der Waals surface area contributed by atoms with Gasteiger partial charge in [-0.2, -0.15) is 4.57 Å². The molecule has 0 N–H and O–H groups in total. The normalized spacial score (nSPS) is 10.0. The van der Waals surface area contributed by atoms with Crippen LogP contribution in [0.5, 0.6) is 0 Å². The van der Waals surface area contributed by atoms with Crippen LogP contribution in [-0.4, -0.2) is 5.78 Å². The number of benzene rings is 2. The lowest BCUT2D eigenvalue weighted by Crippen LogP contribution is -3.00. The van der Waals surface area contributed by atoms with Gasteiger partial charge in [-0.15, -0.1) is 0 Å². The molecule has 1 heterocycles. The molecule has 3 heteroatoms. The Balaban J connectivity index is 0.00000147. The summed E-state index contributed by atoms with van der Waals surface area (Å²) in [5.41, 5.74) is 0.753. The third-order valence-electron chi connectivity index (χ3n) is 3.17. The van der Waals surface area contributed by atoms with Crippen LogP contribution in [0.25, 0.3) is 10.8 Å². The summed E-state index contributed by atoms with van der Waals surface area (Å²) in [5, 5.41) is 2.33. The number of rotatable bonds is 3. The van der Waals surface area contributed by atoms with Crippen molar-refractivity contribution >= 4 is 16.6 Å². The van der Waals surface area contributed by atoms with Crippen molar-refractivity contribution in [1.29, 1.82) is 0 Å². The van der Waals surface area contributed by atoms with Crippen LogP contribution < -0.4 is 28.5 Å². The average molecular weight is 375 g/mol. The van der Waals surface area contributed by atoms with Crippen molar-refractivity contribution in [2.24, 2.45) is 0 Å². The van der Waals surface area contributed by atoms with Crippen molar-refractivity contribution in [2.75, 3.05) is 0 Å². The molecule has 1 aromatic heterocycles. The van der Waals surface area contributed by atoms with E-state index in [-0.39, 0.29) is 29.8 Å². The van der Waals surface area contributed by atoms with Crippen molar-refractivity contribution in [3.05, 3.63) is 78.6 Å². The SMILES string of the molecule is O=C(C[n+]1ccc2ccccc2c1)c1ccccc1.[I-]. The van der Waals surface area contributed by atoms with Crippen LogP contribution in [0.15, 0.2) is 73.1 Å². The van der Waals surface area contributed by atoms with E-state index >= 15 is 0 Å². The first-order valence-corrected chi connectivity index (χ1v) is 6.29. The monoisotopic (exact) mass is 375 g/mol. The van der Waals surface area contributed by atoms with E-state index in [4.69, 9.17) is 0 Å². The second kappa shape index (κ2) is 6.61. The molecule has 0 aliphatic heterocycles. The summed E-state index contributed by atoms with van der Waals surface area (Å²) < 4.78 is 1.93. The summed E-state index contributed by atoms with van der Waals surface area (Å²) in [5.74, 6) is 0.126. The molecule has 0 bridgehead atoms. The highest BCUT2D eigenvalue weighted by molar-refractivity contribution is 5.95. The molecule has 3 aromatic rings. The Bertz CT molecular complexity index is 725. The second-order valence-electron chi connectivity index (χ2n) is 4.54. The lowest BCUT2D eigenvalue weighted by molar-refractivity contribution is -0.681. The molecule has 2 nitrogen and oxygen atoms in total. The minimum absolute atomic E-state index is 0. The molecule has 0 atom stereocenters. The zero-order valence-electron chi connectivity index (χ0n) is 10.9. The Labute approximate surface area is 135 Å². The van der Waals surface area contributed by atoms with Gasteiger partial charge < -0.3 is 24.0 Å². The van der Waals surface area contributed by atoms with Gasteiger partial charge in [0.15, 0.2) is 12.4 Å². The molecule has 0 saturated heterocycles. The smallest absolute Gasteiger partial charge is 0.227 e. The van der Waals surface area contributed by atoms with Crippen molar-refractivity contribution in [2.45, 2.75) is 6.54 Å². The maximum Gasteiger partial charge on any atom is 0.227 e. The summed E-state index contributed by atoms with van der Waals surface area (Å²) in [7, 11) is 0. The second-order valence-corrected chi connectivity index (χ2v) is 4.54. The Morgan fingerprint density at radius 2 is 1.50 bits per heavy atom. The molecule has 3 rings (SSSR count). The lowest BCUT2D eigenvalue weighted by atomic mass is 10.1. The van der Waals surface area contributed by atoms with Gasteiger partial charge in [0.1, 0.15) is 0 Å². The van der Waals surface area contributed by atoms with Gasteiger partial charge in [0.25, 0.3) is 0 Å². The fourth-order valence-electron chi connectivity index (χ4n) is 2.16. The number of aromatic nitrogens is 1. The maximum absolute atomic E-state index is 12.1. The summed E-state index contributed by atoms with van der Waals surface area (Å²) >= 11 is 0. The molecule has 0 amide bonds. The third kappa shape index (κ3) is 3.22. The van der Waals surface area contributed by atoms with Gasteiger partial charge in [0, 0.05) is 17.0 Å². The predicted molar refractivity (Wildman–Crippen MR) is 74.9 cm³/mol. The van der Waals surface area contributed by atoms with E-state index in [1.807, 2.05) is 65.5 Å². The number of nitrogens with zero attached hydrogens (tertiary/aromatic N) is 1. The number of fused-ring (bicyclic) bond motifs is 1. The number of carbonyl (C=O) groups excluding carboxylic acids is 1. The summed E-state index contributed by atoms with van der Waals surface area (Å²) in [6, 6.07) is 19.6. The fraction of sp³-hybridized carbons (Fsp3) is 0.0588. The zero-order valence-corrected chi connectivity index (χ0v) is 13.0. The van der Waals surface area contributed by atoms with Crippen LogP contribution in [0, 0.1) is 0 Å². The Morgan fingerprint density at radius 3 is 2.25 bits per heavy atom. The molecule has 0 spiro atoms. The van der Waals surface area contributed by atoms with E-state index in [1.165, 1.54) is 5.39 Å². The van der Waals surface area contributed by atoms with E-state index in [2.05, 4.69) is 12.1 Å². The summed E-state index contributed by atoms with van der Waals surface area (Å²) in [6.45, 7) is 0.370. The zero-order chi connectivity index (χ0) is 13.1. The fourth-order valence-corrected chi connectivity index (χ4v) is 2.16. The van der Waals surface area contributed by atoms with Gasteiger partial charge in [-0.25, -0.2) is 0 Å². The molecule has 0 aliphatic carbocycles. The van der Waals surface area contributed by atoms with Gasteiger partial charge in [-0.05, 0) is 11.5 Å². The third-order valence-corrected chi connectivity index (χ3v) is 3.17. The molecule has 20 heavy (non-hydrogen) atoms. The molecule has 0 unspecified atom stereocenters. The van der Waals surface area contributed by atoms with Crippen molar-refractivity contribution in [3.8, 4) is 0 Å². The number of hydrogen-bond donors (Lipinski definition) is 0. The van der Waals surface area contributed by atoms with E-state index < -0.39 is 0 Å². The lowest BCUT2D eigenvalue weighted by Gasteiger charge is -1.99. The molecule has 2 aromatic carbocycles. The Hall–Kier alpha value is -1.75. The van der Waals surface area contributed by atoms with Crippen molar-refractivity contribution in [1.82, 2.24) is 0 Å². The molecule has 0 fully saturated rings. The molecular formula is C17H14INO. The van der Waals surface area contributed by atoms with E-state index in [1.54, 1.807) is 0 Å². The van der Waals surface area contributed by atoms with Gasteiger partial charge in [0.05, 0.1) is 0 Å². The molecule has 100 valence electrons. The summed E-state index contributed by atoms with van der Waals surface area (Å²) in [4.78, 5) is 12.1. The van der Waals surface area contributed by atoms with Crippen LogP contribution in [0.3, 0.4) is 0 Å². The van der Waals surface area contributed by atoms with Crippen LogP contribution in [0.1, 0.15) is 10.4 Å². The molecule has 0 radical (unpaired) electrons. The van der Waals surface area contributed by atoms with Crippen LogP contribution >= 0.6 is 0 Å². The number of carbonyl (C=O) groups is 1. The van der Waals surface area contributed by atoms with Crippen LogP contribution in [-0.2, 0) is 6.54 Å². The molecular weight excluding hydrogens is 361 g/mol. The number of Topliss-reactive ketones (excluding diaryl/α,β-unsaturated/α-hetero) is 1. The quantitative estimate of drug-likeness (QED) is 0.359. The number of halogens is 1. The number of pyridine rings is 1. The van der Waals surface area contributed by atoms with Gasteiger partial charge >= 0.3 is 0 Å².